The van der Waals surface area contributed by atoms with Crippen LogP contribution in [-0.4, -0.2) is 56.5 Å². The second kappa shape index (κ2) is 8.56. The summed E-state index contributed by atoms with van der Waals surface area (Å²) in [5, 5.41) is 2.54. The van der Waals surface area contributed by atoms with Gasteiger partial charge in [-0.1, -0.05) is 0 Å². The Morgan fingerprint density at radius 3 is 2.68 bits per heavy atom. The number of aliphatic imine (C=N–C) groups is 1. The zero-order chi connectivity index (χ0) is 21.1. The molecule has 1 aromatic heterocycles. The van der Waals surface area contributed by atoms with Crippen LogP contribution in [0.25, 0.3) is 0 Å². The number of hydrogen-bond acceptors (Lipinski definition) is 5. The molecule has 1 aromatic rings. The second-order valence-electron chi connectivity index (χ2n) is 6.91. The lowest BCUT2D eigenvalue weighted by Crippen LogP contribution is -2.51. The lowest BCUT2D eigenvalue weighted by molar-refractivity contribution is -0.189. The average Bonchev–Trinajstić information content (AvgIpc) is 3.37. The maximum atomic E-state index is 12.9. The number of carbonyl (C=O) groups is 1. The van der Waals surface area contributed by atoms with E-state index >= 15 is 0 Å². The van der Waals surface area contributed by atoms with Crippen molar-refractivity contribution in [2.24, 2.45) is 4.99 Å². The van der Waals surface area contributed by atoms with Crippen molar-refractivity contribution in [2.45, 2.75) is 50.4 Å². The fourth-order valence-electron chi connectivity index (χ4n) is 2.60. The molecule has 1 heterocycles. The highest BCUT2D eigenvalue weighted by molar-refractivity contribution is 7.79. The summed E-state index contributed by atoms with van der Waals surface area (Å²) in [6, 6.07) is 1.17. The highest BCUT2D eigenvalue weighted by Gasteiger charge is 2.39. The van der Waals surface area contributed by atoms with E-state index in [0.717, 1.165) is 19.8 Å². The van der Waals surface area contributed by atoms with Gasteiger partial charge in [0.15, 0.2) is 17.2 Å². The minimum absolute atomic E-state index is 0.0379. The summed E-state index contributed by atoms with van der Waals surface area (Å²) in [5.74, 6) is -1.01. The Labute approximate surface area is 163 Å². The van der Waals surface area contributed by atoms with Gasteiger partial charge in [-0.25, -0.2) is 4.21 Å². The molecule has 0 saturated heterocycles. The molecule has 28 heavy (non-hydrogen) atoms. The molecule has 0 radical (unpaired) electrons. The lowest BCUT2D eigenvalue weighted by atomic mass is 10.1. The third kappa shape index (κ3) is 5.99. The van der Waals surface area contributed by atoms with Crippen LogP contribution in [0, 0.1) is 0 Å². The number of hydrogen-bond donors (Lipinski definition) is 2. The third-order valence-electron chi connectivity index (χ3n) is 4.15. The van der Waals surface area contributed by atoms with Gasteiger partial charge in [-0.05, 0) is 32.6 Å². The first kappa shape index (κ1) is 22.3. The zero-order valence-corrected chi connectivity index (χ0v) is 16.4. The Balaban J connectivity index is 2.28. The van der Waals surface area contributed by atoms with Crippen molar-refractivity contribution >= 4 is 23.2 Å². The van der Waals surface area contributed by atoms with Crippen molar-refractivity contribution in [1.82, 2.24) is 10.3 Å². The first-order valence-corrected chi connectivity index (χ1v) is 9.79. The van der Waals surface area contributed by atoms with E-state index in [-0.39, 0.29) is 23.1 Å². The van der Waals surface area contributed by atoms with Crippen molar-refractivity contribution in [3.63, 3.8) is 0 Å². The van der Waals surface area contributed by atoms with Crippen LogP contribution < -0.4 is 10.1 Å². The fraction of sp³-hybridized carbons (Fsp3) is 0.588. The second-order valence-corrected chi connectivity index (χ2v) is 7.84. The van der Waals surface area contributed by atoms with Crippen LogP contribution in [0.2, 0.25) is 0 Å². The van der Waals surface area contributed by atoms with Gasteiger partial charge < -0.3 is 14.6 Å². The monoisotopic (exact) mass is 421 g/mol. The average molecular weight is 421 g/mol. The number of alkyl halides is 3. The highest BCUT2D eigenvalue weighted by atomic mass is 32.2. The predicted octanol–water partition coefficient (Wildman–Crippen LogP) is 2.70. The molecule has 1 fully saturated rings. The molecule has 3 unspecified atom stereocenters. The summed E-state index contributed by atoms with van der Waals surface area (Å²) >= 11 is -2.21. The van der Waals surface area contributed by atoms with E-state index in [2.05, 4.69) is 15.3 Å². The SMILES string of the molecule is CN=CC(C)(CS(=O)O)NC(=O)c1cc(OC(C)C(F)(F)F)c(C2CC2)cn1. The smallest absolute Gasteiger partial charge is 0.425 e. The van der Waals surface area contributed by atoms with E-state index in [9.17, 15) is 22.2 Å². The molecule has 1 aliphatic rings. The Morgan fingerprint density at radius 1 is 1.54 bits per heavy atom. The molecule has 11 heteroatoms. The molecule has 0 bridgehead atoms. The van der Waals surface area contributed by atoms with Gasteiger partial charge in [-0.3, -0.25) is 14.8 Å². The summed E-state index contributed by atoms with van der Waals surface area (Å²) in [5.41, 5.74) is -0.863. The van der Waals surface area contributed by atoms with Gasteiger partial charge in [0.25, 0.3) is 5.91 Å². The van der Waals surface area contributed by atoms with Gasteiger partial charge in [-0.2, -0.15) is 13.2 Å². The van der Waals surface area contributed by atoms with Crippen LogP contribution in [0.15, 0.2) is 17.3 Å². The molecule has 1 aliphatic carbocycles. The number of halogens is 3. The number of nitrogens with zero attached hydrogens (tertiary/aromatic N) is 2. The van der Waals surface area contributed by atoms with Crippen LogP contribution >= 0.6 is 0 Å². The number of rotatable bonds is 8. The van der Waals surface area contributed by atoms with Gasteiger partial charge in [-0.15, -0.1) is 0 Å². The number of carbonyl (C=O) groups excluding carboxylic acids is 1. The van der Waals surface area contributed by atoms with Gasteiger partial charge in [0, 0.05) is 31.1 Å². The number of amides is 1. The quantitative estimate of drug-likeness (QED) is 0.497. The molecule has 0 aliphatic heterocycles. The topological polar surface area (TPSA) is 101 Å². The highest BCUT2D eigenvalue weighted by Crippen LogP contribution is 2.44. The maximum Gasteiger partial charge on any atom is 0.425 e. The van der Waals surface area contributed by atoms with Crippen molar-refractivity contribution in [1.29, 1.82) is 0 Å². The van der Waals surface area contributed by atoms with E-state index in [4.69, 9.17) is 9.29 Å². The first-order chi connectivity index (χ1) is 12.9. The van der Waals surface area contributed by atoms with Crippen LogP contribution in [0.5, 0.6) is 5.75 Å². The summed E-state index contributed by atoms with van der Waals surface area (Å²) in [7, 11) is 1.44. The molecule has 2 rings (SSSR count). The largest absolute Gasteiger partial charge is 0.481 e. The van der Waals surface area contributed by atoms with E-state index in [1.807, 2.05) is 0 Å². The summed E-state index contributed by atoms with van der Waals surface area (Å²) in [6.45, 7) is 2.38. The van der Waals surface area contributed by atoms with E-state index in [1.165, 1.54) is 32.4 Å². The van der Waals surface area contributed by atoms with Gasteiger partial charge in [0.1, 0.15) is 11.4 Å². The minimum atomic E-state index is -4.55. The van der Waals surface area contributed by atoms with Crippen molar-refractivity contribution < 1.29 is 31.5 Å². The maximum absolute atomic E-state index is 12.9. The van der Waals surface area contributed by atoms with Crippen molar-refractivity contribution in [3.8, 4) is 5.75 Å². The zero-order valence-electron chi connectivity index (χ0n) is 15.6. The van der Waals surface area contributed by atoms with Gasteiger partial charge >= 0.3 is 6.18 Å². The Kier molecular flexibility index (Phi) is 6.81. The molecule has 1 saturated carbocycles. The molecule has 3 atom stereocenters. The van der Waals surface area contributed by atoms with Crippen molar-refractivity contribution in [2.75, 3.05) is 12.8 Å². The Bertz CT molecular complexity index is 783. The van der Waals surface area contributed by atoms with Crippen LogP contribution in [0.3, 0.4) is 0 Å². The van der Waals surface area contributed by atoms with Crippen LogP contribution in [0.4, 0.5) is 13.2 Å². The molecule has 156 valence electrons. The first-order valence-electron chi connectivity index (χ1n) is 8.52. The van der Waals surface area contributed by atoms with Crippen LogP contribution in [-0.2, 0) is 11.1 Å². The number of nitrogens with one attached hydrogen (secondary N) is 1. The van der Waals surface area contributed by atoms with E-state index < -0.39 is 34.8 Å². The summed E-state index contributed by atoms with van der Waals surface area (Å²) in [6.07, 6.45) is -2.30. The Hall–Kier alpha value is -2.01. The number of pyridine rings is 1. The molecule has 0 aromatic carbocycles. The minimum Gasteiger partial charge on any atom is -0.481 e. The van der Waals surface area contributed by atoms with Gasteiger partial charge in [0.2, 0.25) is 0 Å². The molecule has 0 spiro atoms. The van der Waals surface area contributed by atoms with Gasteiger partial charge in [0.05, 0.1) is 11.3 Å². The Morgan fingerprint density at radius 2 is 2.18 bits per heavy atom. The number of ether oxygens (including phenoxy) is 1. The lowest BCUT2D eigenvalue weighted by Gasteiger charge is -2.25. The van der Waals surface area contributed by atoms with Crippen molar-refractivity contribution in [3.05, 3.63) is 23.5 Å². The predicted molar refractivity (Wildman–Crippen MR) is 98.3 cm³/mol. The molecule has 1 amide bonds. The van der Waals surface area contributed by atoms with Crippen LogP contribution in [0.1, 0.15) is 48.7 Å². The van der Waals surface area contributed by atoms with E-state index in [1.54, 1.807) is 0 Å². The van der Waals surface area contributed by atoms with E-state index in [0.29, 0.717) is 5.56 Å². The number of aromatic nitrogens is 1. The molecular weight excluding hydrogens is 399 g/mol. The molecule has 2 N–H and O–H groups in total. The fourth-order valence-corrected chi connectivity index (χ4v) is 3.26. The summed E-state index contributed by atoms with van der Waals surface area (Å²) in [4.78, 5) is 20.4. The summed E-state index contributed by atoms with van der Waals surface area (Å²) < 4.78 is 64.0. The molecular formula is C17H22F3N3O4S. The normalized spacial score (nSPS) is 19.1. The third-order valence-corrected chi connectivity index (χ3v) is 4.99. The molecule has 7 nitrogen and oxygen atoms in total. The standard InChI is InChI=1S/C17H22F3N3O4S/c1-10(17(18,19)20)27-14-6-13(22-7-12(14)11-4-5-11)15(24)23-16(2,8-21-3)9-28(25)26/h6-8,10-11H,4-5,9H2,1-3H3,(H,23,24)(H,25,26).